The van der Waals surface area contributed by atoms with E-state index in [1.807, 2.05) is 13.0 Å². The number of rotatable bonds is 11. The maximum Gasteiger partial charge on any atom is 0.500 e. The Morgan fingerprint density at radius 2 is 1.71 bits per heavy atom. The zero-order valence-corrected chi connectivity index (χ0v) is 17.0. The molecule has 0 spiro atoms. The van der Waals surface area contributed by atoms with Crippen LogP contribution in [0.2, 0.25) is 6.04 Å². The first-order chi connectivity index (χ1) is 11.0. The van der Waals surface area contributed by atoms with Crippen LogP contribution in [0.5, 0.6) is 0 Å². The number of hydrogen-bond donors (Lipinski definition) is 1. The van der Waals surface area contributed by atoms with Crippen LogP contribution in [-0.2, 0) is 19.8 Å². The smallest absolute Gasteiger partial charge is 0.377 e. The van der Waals surface area contributed by atoms with Gasteiger partial charge in [-0.25, -0.2) is 0 Å². The molecule has 0 saturated carbocycles. The average Bonchev–Trinajstić information content (AvgIpc) is 2.58. The fourth-order valence-corrected chi connectivity index (χ4v) is 4.18. The summed E-state index contributed by atoms with van der Waals surface area (Å²) in [6.45, 7) is 7.46. The second-order valence-corrected chi connectivity index (χ2v) is 8.65. The molecule has 0 aliphatic carbocycles. The van der Waals surface area contributed by atoms with Gasteiger partial charge < -0.3 is 19.0 Å². The van der Waals surface area contributed by atoms with Crippen LogP contribution < -0.4 is 5.73 Å². The minimum atomic E-state index is -2.50. The third kappa shape index (κ3) is 7.02. The molecule has 24 heavy (non-hydrogen) atoms. The second kappa shape index (κ2) is 11.8. The number of hydrogen-bond acceptors (Lipinski definition) is 5. The summed E-state index contributed by atoms with van der Waals surface area (Å²) in [5.74, 6) is 0. The molecule has 0 fully saturated rings. The first-order valence-corrected chi connectivity index (χ1v) is 9.80. The van der Waals surface area contributed by atoms with Crippen LogP contribution in [0.25, 0.3) is 6.08 Å². The molecule has 138 valence electrons. The summed E-state index contributed by atoms with van der Waals surface area (Å²) in [5, 5.41) is 0. The Morgan fingerprint density at radius 1 is 1.17 bits per heavy atom. The van der Waals surface area contributed by atoms with Gasteiger partial charge in [-0.15, -0.1) is 12.4 Å². The molecule has 7 heteroatoms. The number of halogens is 1. The maximum atomic E-state index is 6.12. The third-order valence-corrected chi connectivity index (χ3v) is 6.87. The lowest BCUT2D eigenvalue weighted by atomic mass is 10.1. The molecule has 1 aromatic rings. The van der Waals surface area contributed by atoms with E-state index >= 15 is 0 Å². The van der Waals surface area contributed by atoms with Crippen LogP contribution in [0.15, 0.2) is 30.8 Å². The van der Waals surface area contributed by atoms with Crippen LogP contribution >= 0.6 is 12.4 Å². The fraction of sp³-hybridized carbons (Fsp3) is 0.529. The lowest BCUT2D eigenvalue weighted by Gasteiger charge is -2.29. The Hall–Kier alpha value is -0.733. The van der Waals surface area contributed by atoms with Gasteiger partial charge in [0.2, 0.25) is 0 Å². The van der Waals surface area contributed by atoms with E-state index in [1.54, 1.807) is 21.3 Å². The molecule has 0 aliphatic rings. The van der Waals surface area contributed by atoms with Gasteiger partial charge >= 0.3 is 8.80 Å². The van der Waals surface area contributed by atoms with E-state index in [0.29, 0.717) is 0 Å². The van der Waals surface area contributed by atoms with Gasteiger partial charge in [-0.2, -0.15) is 0 Å². The summed E-state index contributed by atoms with van der Waals surface area (Å²) in [5.41, 5.74) is 8.48. The highest BCUT2D eigenvalue weighted by Crippen LogP contribution is 2.17. The van der Waals surface area contributed by atoms with Crippen molar-refractivity contribution in [1.29, 1.82) is 0 Å². The van der Waals surface area contributed by atoms with Crippen molar-refractivity contribution in [3.05, 3.63) is 42.0 Å². The lowest BCUT2D eigenvalue weighted by molar-refractivity contribution is 0.119. The van der Waals surface area contributed by atoms with Crippen molar-refractivity contribution in [1.82, 2.24) is 4.90 Å². The fourth-order valence-electron chi connectivity index (χ4n) is 2.48. The maximum absolute atomic E-state index is 6.12. The quantitative estimate of drug-likeness (QED) is 0.476. The molecular formula is C17H31ClN2O3Si. The van der Waals surface area contributed by atoms with Crippen LogP contribution in [0, 0.1) is 0 Å². The summed E-state index contributed by atoms with van der Waals surface area (Å²) < 4.78 is 16.4. The second-order valence-electron chi connectivity index (χ2n) is 5.56. The van der Waals surface area contributed by atoms with Gasteiger partial charge in [-0.1, -0.05) is 36.9 Å². The van der Waals surface area contributed by atoms with Crippen molar-refractivity contribution in [2.24, 2.45) is 5.73 Å². The predicted octanol–water partition coefficient (Wildman–Crippen LogP) is 3.13. The molecule has 0 saturated heterocycles. The van der Waals surface area contributed by atoms with Crippen molar-refractivity contribution < 1.29 is 13.3 Å². The normalized spacial score (nSPS) is 12.8. The minimum Gasteiger partial charge on any atom is -0.377 e. The highest BCUT2D eigenvalue weighted by molar-refractivity contribution is 6.60. The Kier molecular flexibility index (Phi) is 11.4. The van der Waals surface area contributed by atoms with Gasteiger partial charge in [-0.05, 0) is 31.0 Å². The van der Waals surface area contributed by atoms with E-state index in [0.717, 1.165) is 31.1 Å². The zero-order valence-electron chi connectivity index (χ0n) is 15.2. The first-order valence-electron chi connectivity index (χ1n) is 7.86. The number of nitrogens with zero attached hydrogens (tertiary/aromatic N) is 1. The predicted molar refractivity (Wildman–Crippen MR) is 104 cm³/mol. The van der Waals surface area contributed by atoms with E-state index < -0.39 is 8.80 Å². The monoisotopic (exact) mass is 374 g/mol. The van der Waals surface area contributed by atoms with E-state index in [9.17, 15) is 0 Å². The SMILES string of the molecule is C=Cc1ccc(CN(CCC[Si](OC)(OC)OC)C(C)N)cc1.Cl. The van der Waals surface area contributed by atoms with Crippen molar-refractivity contribution in [2.45, 2.75) is 32.1 Å². The van der Waals surface area contributed by atoms with Crippen LogP contribution in [0.1, 0.15) is 24.5 Å². The van der Waals surface area contributed by atoms with Gasteiger partial charge in [0.05, 0.1) is 6.17 Å². The molecule has 0 heterocycles. The highest BCUT2D eigenvalue weighted by Gasteiger charge is 2.37. The van der Waals surface area contributed by atoms with Gasteiger partial charge in [-0.3, -0.25) is 4.90 Å². The molecule has 0 aromatic heterocycles. The van der Waals surface area contributed by atoms with E-state index in [-0.39, 0.29) is 18.6 Å². The highest BCUT2D eigenvalue weighted by atomic mass is 35.5. The van der Waals surface area contributed by atoms with Crippen molar-refractivity contribution in [3.8, 4) is 0 Å². The number of nitrogens with two attached hydrogens (primary N) is 1. The average molecular weight is 375 g/mol. The molecular weight excluding hydrogens is 344 g/mol. The largest absolute Gasteiger partial charge is 0.500 e. The van der Waals surface area contributed by atoms with Crippen molar-refractivity contribution >= 4 is 27.3 Å². The topological polar surface area (TPSA) is 57.0 Å². The molecule has 5 nitrogen and oxygen atoms in total. The van der Waals surface area contributed by atoms with Crippen molar-refractivity contribution in [2.75, 3.05) is 27.9 Å². The zero-order chi connectivity index (χ0) is 17.3. The molecule has 1 unspecified atom stereocenters. The molecule has 0 aliphatic heterocycles. The summed E-state index contributed by atoms with van der Waals surface area (Å²) >= 11 is 0. The lowest BCUT2D eigenvalue weighted by Crippen LogP contribution is -2.44. The molecule has 0 amide bonds. The summed E-state index contributed by atoms with van der Waals surface area (Å²) in [6.07, 6.45) is 2.74. The number of benzene rings is 1. The minimum absolute atomic E-state index is 0. The molecule has 1 rings (SSSR count). The standard InChI is InChI=1S/C17H30N2O3Si.ClH/c1-6-16-8-10-17(11-9-16)14-19(15(2)18)12-7-13-23(20-3,21-4)22-5;/h6,8-11,15H,1,7,12-14,18H2,2-5H3;1H. The first kappa shape index (κ1) is 23.3. The van der Waals surface area contributed by atoms with E-state index in [4.69, 9.17) is 19.0 Å². The van der Waals surface area contributed by atoms with Crippen LogP contribution in [0.4, 0.5) is 0 Å². The molecule has 2 N–H and O–H groups in total. The van der Waals surface area contributed by atoms with Gasteiger partial charge in [0.25, 0.3) is 0 Å². The van der Waals surface area contributed by atoms with Gasteiger partial charge in [0, 0.05) is 33.9 Å². The van der Waals surface area contributed by atoms with E-state index in [2.05, 4.69) is 35.7 Å². The third-order valence-electron chi connectivity index (χ3n) is 4.04. The Balaban J connectivity index is 0.00000529. The summed E-state index contributed by atoms with van der Waals surface area (Å²) in [6, 6.07) is 9.14. The van der Waals surface area contributed by atoms with Crippen molar-refractivity contribution in [3.63, 3.8) is 0 Å². The van der Waals surface area contributed by atoms with Gasteiger partial charge in [0.15, 0.2) is 0 Å². The van der Waals surface area contributed by atoms with Crippen LogP contribution in [-0.4, -0.2) is 47.7 Å². The molecule has 0 bridgehead atoms. The summed E-state index contributed by atoms with van der Waals surface area (Å²) in [4.78, 5) is 2.24. The Bertz CT molecular complexity index is 459. The van der Waals surface area contributed by atoms with E-state index in [1.165, 1.54) is 5.56 Å². The Labute approximate surface area is 153 Å². The summed E-state index contributed by atoms with van der Waals surface area (Å²) in [7, 11) is 2.43. The van der Waals surface area contributed by atoms with Crippen LogP contribution in [0.3, 0.4) is 0 Å². The molecule has 1 aromatic carbocycles. The molecule has 1 atom stereocenters. The van der Waals surface area contributed by atoms with Gasteiger partial charge in [0.1, 0.15) is 0 Å². The molecule has 0 radical (unpaired) electrons. The Morgan fingerprint density at radius 3 is 2.12 bits per heavy atom.